The maximum absolute atomic E-state index is 5.98. The molecule has 0 amide bonds. The highest BCUT2D eigenvalue weighted by Gasteiger charge is 2.07. The van der Waals surface area contributed by atoms with Crippen LogP contribution in [0.15, 0.2) is 28.0 Å². The third-order valence-electron chi connectivity index (χ3n) is 1.81. The van der Waals surface area contributed by atoms with Crippen molar-refractivity contribution < 1.29 is 4.42 Å². The van der Waals surface area contributed by atoms with Crippen LogP contribution in [0.4, 0.5) is 0 Å². The van der Waals surface area contributed by atoms with Crippen LogP contribution < -0.4 is 0 Å². The highest BCUT2D eigenvalue weighted by atomic mass is 35.5. The molecule has 0 aliphatic carbocycles. The van der Waals surface area contributed by atoms with E-state index in [1.165, 1.54) is 11.8 Å². The van der Waals surface area contributed by atoms with Crippen molar-refractivity contribution in [3.8, 4) is 0 Å². The lowest BCUT2D eigenvalue weighted by molar-refractivity contribution is 0.454. The molecule has 0 saturated carbocycles. The van der Waals surface area contributed by atoms with Gasteiger partial charge in [-0.3, -0.25) is 0 Å². The number of hydrogen-bond acceptors (Lipinski definition) is 4. The van der Waals surface area contributed by atoms with Crippen LogP contribution in [0, 0.1) is 6.92 Å². The third kappa shape index (κ3) is 2.90. The number of aromatic nitrogens is 2. The molecule has 0 fully saturated rings. The zero-order chi connectivity index (χ0) is 11.5. The monoisotopic (exact) mass is 274 g/mol. The predicted molar refractivity (Wildman–Crippen MR) is 65.1 cm³/mol. The largest absolute Gasteiger partial charge is 0.440 e. The second-order valence-corrected chi connectivity index (χ2v) is 4.83. The summed E-state index contributed by atoms with van der Waals surface area (Å²) >= 11 is 13.2. The van der Waals surface area contributed by atoms with Gasteiger partial charge in [0.1, 0.15) is 11.4 Å². The summed E-state index contributed by atoms with van der Waals surface area (Å²) in [5, 5.41) is 1.64. The number of pyridine rings is 1. The molecular weight excluding hydrogens is 267 g/mol. The second kappa shape index (κ2) is 5.08. The Hall–Kier alpha value is -0.710. The fraction of sp³-hybridized carbons (Fsp3) is 0.200. The van der Waals surface area contributed by atoms with Gasteiger partial charge < -0.3 is 4.42 Å². The fourth-order valence-corrected chi connectivity index (χ4v) is 2.31. The molecule has 0 radical (unpaired) electrons. The molecule has 3 nitrogen and oxygen atoms in total. The molecule has 6 heteroatoms. The Labute approximate surface area is 107 Å². The minimum absolute atomic E-state index is 0.434. The maximum Gasteiger partial charge on any atom is 0.256 e. The van der Waals surface area contributed by atoms with Gasteiger partial charge in [-0.05, 0) is 19.1 Å². The molecule has 0 atom stereocenters. The first-order valence-corrected chi connectivity index (χ1v) is 6.25. The molecule has 0 spiro atoms. The lowest BCUT2D eigenvalue weighted by Crippen LogP contribution is -1.89. The van der Waals surface area contributed by atoms with Crippen LogP contribution >= 0.6 is 35.0 Å². The van der Waals surface area contributed by atoms with Crippen LogP contribution in [-0.2, 0) is 5.75 Å². The molecule has 2 rings (SSSR count). The predicted octanol–water partition coefficient (Wildman–Crippen LogP) is 3.98. The van der Waals surface area contributed by atoms with Crippen LogP contribution in [0.5, 0.6) is 0 Å². The Balaban J connectivity index is 2.07. The van der Waals surface area contributed by atoms with E-state index in [9.17, 15) is 0 Å². The first-order chi connectivity index (χ1) is 7.65. The van der Waals surface area contributed by atoms with E-state index in [4.69, 9.17) is 27.6 Å². The SMILES string of the molecule is Cc1coc(SCc2nc(Cl)ccc2Cl)n1. The van der Waals surface area contributed by atoms with Crippen LogP contribution in [0.2, 0.25) is 10.2 Å². The number of rotatable bonds is 3. The minimum atomic E-state index is 0.434. The zero-order valence-electron chi connectivity index (χ0n) is 8.41. The van der Waals surface area contributed by atoms with Crippen LogP contribution in [0.25, 0.3) is 0 Å². The van der Waals surface area contributed by atoms with Gasteiger partial charge >= 0.3 is 0 Å². The molecular formula is C10H8Cl2N2OS. The van der Waals surface area contributed by atoms with Crippen molar-refractivity contribution in [1.82, 2.24) is 9.97 Å². The maximum atomic E-state index is 5.98. The van der Waals surface area contributed by atoms with E-state index in [-0.39, 0.29) is 0 Å². The first-order valence-electron chi connectivity index (χ1n) is 4.51. The summed E-state index contributed by atoms with van der Waals surface area (Å²) < 4.78 is 5.20. The summed E-state index contributed by atoms with van der Waals surface area (Å²) in [6.07, 6.45) is 1.61. The molecule has 2 heterocycles. The number of thioether (sulfide) groups is 1. The Morgan fingerprint density at radius 3 is 2.81 bits per heavy atom. The summed E-state index contributed by atoms with van der Waals surface area (Å²) in [6.45, 7) is 1.87. The molecule has 0 aliphatic heterocycles. The van der Waals surface area contributed by atoms with Gasteiger partial charge in [-0.2, -0.15) is 0 Å². The Kier molecular flexibility index (Phi) is 3.74. The third-order valence-corrected chi connectivity index (χ3v) is 3.22. The summed E-state index contributed by atoms with van der Waals surface area (Å²) in [6, 6.07) is 3.39. The van der Waals surface area contributed by atoms with E-state index in [0.29, 0.717) is 21.2 Å². The Bertz CT molecular complexity index is 501. The second-order valence-electron chi connectivity index (χ2n) is 3.11. The molecule has 84 valence electrons. The average Bonchev–Trinajstić information content (AvgIpc) is 2.66. The number of oxazole rings is 1. The quantitative estimate of drug-likeness (QED) is 0.627. The van der Waals surface area contributed by atoms with E-state index in [1.807, 2.05) is 6.92 Å². The van der Waals surface area contributed by atoms with Crippen molar-refractivity contribution in [2.75, 3.05) is 0 Å². The van der Waals surface area contributed by atoms with Crippen LogP contribution in [-0.4, -0.2) is 9.97 Å². The van der Waals surface area contributed by atoms with Gasteiger partial charge in [-0.1, -0.05) is 35.0 Å². The standard InChI is InChI=1S/C10H8Cl2N2OS/c1-6-4-15-10(13-6)16-5-8-7(11)2-3-9(12)14-8/h2-4H,5H2,1H3. The van der Waals surface area contributed by atoms with Crippen molar-refractivity contribution in [2.45, 2.75) is 17.9 Å². The smallest absolute Gasteiger partial charge is 0.256 e. The summed E-state index contributed by atoms with van der Waals surface area (Å²) in [7, 11) is 0. The van der Waals surface area contributed by atoms with Gasteiger partial charge in [-0.15, -0.1) is 0 Å². The number of aryl methyl sites for hydroxylation is 1. The summed E-state index contributed by atoms with van der Waals surface area (Å²) in [5.74, 6) is 0.583. The van der Waals surface area contributed by atoms with Gasteiger partial charge in [0.2, 0.25) is 0 Å². The number of nitrogens with zero attached hydrogens (tertiary/aromatic N) is 2. The molecule has 0 N–H and O–H groups in total. The average molecular weight is 275 g/mol. The number of hydrogen-bond donors (Lipinski definition) is 0. The molecule has 0 aliphatic rings. The fourth-order valence-electron chi connectivity index (χ4n) is 1.09. The van der Waals surface area contributed by atoms with Gasteiger partial charge in [-0.25, -0.2) is 9.97 Å². The normalized spacial score (nSPS) is 10.7. The van der Waals surface area contributed by atoms with Gasteiger partial charge in [0, 0.05) is 5.75 Å². The molecule has 0 aromatic carbocycles. The van der Waals surface area contributed by atoms with Crippen LogP contribution in [0.3, 0.4) is 0 Å². The van der Waals surface area contributed by atoms with E-state index in [2.05, 4.69) is 9.97 Å². The molecule has 2 aromatic heterocycles. The number of halogens is 2. The highest BCUT2D eigenvalue weighted by Crippen LogP contribution is 2.25. The van der Waals surface area contributed by atoms with E-state index in [0.717, 1.165) is 11.4 Å². The summed E-state index contributed by atoms with van der Waals surface area (Å²) in [5.41, 5.74) is 1.59. The van der Waals surface area contributed by atoms with Crippen molar-refractivity contribution >= 4 is 35.0 Å². The van der Waals surface area contributed by atoms with Crippen molar-refractivity contribution in [3.05, 3.63) is 40.0 Å². The van der Waals surface area contributed by atoms with Crippen LogP contribution in [0.1, 0.15) is 11.4 Å². The van der Waals surface area contributed by atoms with Crippen molar-refractivity contribution in [2.24, 2.45) is 0 Å². The molecule has 0 unspecified atom stereocenters. The lowest BCUT2D eigenvalue weighted by atomic mass is 10.4. The topological polar surface area (TPSA) is 38.9 Å². The van der Waals surface area contributed by atoms with Crippen molar-refractivity contribution in [3.63, 3.8) is 0 Å². The van der Waals surface area contributed by atoms with E-state index >= 15 is 0 Å². The van der Waals surface area contributed by atoms with E-state index < -0.39 is 0 Å². The zero-order valence-corrected chi connectivity index (χ0v) is 10.7. The van der Waals surface area contributed by atoms with Gasteiger partial charge in [0.25, 0.3) is 5.22 Å². The Morgan fingerprint density at radius 1 is 1.31 bits per heavy atom. The molecule has 2 aromatic rings. The lowest BCUT2D eigenvalue weighted by Gasteiger charge is -2.01. The molecule has 0 saturated heterocycles. The first kappa shape index (κ1) is 11.8. The van der Waals surface area contributed by atoms with E-state index in [1.54, 1.807) is 18.4 Å². The highest BCUT2D eigenvalue weighted by molar-refractivity contribution is 7.98. The van der Waals surface area contributed by atoms with Crippen molar-refractivity contribution in [1.29, 1.82) is 0 Å². The molecule has 0 bridgehead atoms. The molecule has 16 heavy (non-hydrogen) atoms. The van der Waals surface area contributed by atoms with Gasteiger partial charge in [0.15, 0.2) is 0 Å². The van der Waals surface area contributed by atoms with Gasteiger partial charge in [0.05, 0.1) is 16.4 Å². The summed E-state index contributed by atoms with van der Waals surface area (Å²) in [4.78, 5) is 8.31. The minimum Gasteiger partial charge on any atom is -0.440 e. The Morgan fingerprint density at radius 2 is 2.12 bits per heavy atom.